The number of aliphatic hydroxyl groups is 1. The van der Waals surface area contributed by atoms with E-state index >= 15 is 0 Å². The van der Waals surface area contributed by atoms with Crippen LogP contribution in [0.3, 0.4) is 0 Å². The molecule has 1 saturated heterocycles. The van der Waals surface area contributed by atoms with Gasteiger partial charge < -0.3 is 14.6 Å². The highest BCUT2D eigenvalue weighted by atomic mass is 19.4. The van der Waals surface area contributed by atoms with Crippen molar-refractivity contribution in [2.24, 2.45) is 5.41 Å². The molecule has 0 aromatic rings. The minimum absolute atomic E-state index is 0.0550. The minimum atomic E-state index is -7.53. The maximum atomic E-state index is 14.8. The van der Waals surface area contributed by atoms with Crippen LogP contribution >= 0.6 is 0 Å². The van der Waals surface area contributed by atoms with Crippen LogP contribution in [0.5, 0.6) is 0 Å². The van der Waals surface area contributed by atoms with Crippen LogP contribution in [0.2, 0.25) is 0 Å². The first-order valence-electron chi connectivity index (χ1n) is 8.82. The number of esters is 1. The largest absolute Gasteiger partial charge is 0.462 e. The van der Waals surface area contributed by atoms with E-state index in [-0.39, 0.29) is 6.92 Å². The zero-order chi connectivity index (χ0) is 26.9. The molecule has 3 unspecified atom stereocenters. The van der Waals surface area contributed by atoms with Gasteiger partial charge in [-0.25, -0.2) is 0 Å². The third kappa shape index (κ3) is 3.46. The molecule has 17 heteroatoms. The van der Waals surface area contributed by atoms with Gasteiger partial charge in [-0.3, -0.25) is 4.79 Å². The number of carbonyl (C=O) groups excluding carboxylic acids is 1. The van der Waals surface area contributed by atoms with Gasteiger partial charge in [0.25, 0.3) is 5.60 Å². The molecule has 1 N–H and O–H groups in total. The Morgan fingerprint density at radius 3 is 1.52 bits per heavy atom. The molecule has 3 atom stereocenters. The second-order valence-corrected chi connectivity index (χ2v) is 7.88. The van der Waals surface area contributed by atoms with Gasteiger partial charge in [-0.15, -0.1) is 0 Å². The van der Waals surface area contributed by atoms with Gasteiger partial charge in [-0.1, -0.05) is 13.8 Å². The smallest absolute Gasteiger partial charge is 0.417 e. The Balaban J connectivity index is 4.30. The number of hydrogen-bond donors (Lipinski definition) is 1. The average Bonchev–Trinajstić information content (AvgIpc) is 2.59. The van der Waals surface area contributed by atoms with Crippen molar-refractivity contribution in [1.29, 1.82) is 0 Å². The summed E-state index contributed by atoms with van der Waals surface area (Å²) in [6.45, 7) is 2.41. The molecule has 1 heterocycles. The van der Waals surface area contributed by atoms with E-state index in [1.54, 1.807) is 0 Å². The minimum Gasteiger partial charge on any atom is -0.417 e. The van der Waals surface area contributed by atoms with Gasteiger partial charge in [-0.05, 0) is 26.7 Å². The molecular weight excluding hydrogens is 503 g/mol. The molecule has 0 spiro atoms. The molecule has 1 aliphatic heterocycles. The number of hydrogen-bond acceptors (Lipinski definition) is 4. The first kappa shape index (κ1) is 29.5. The van der Waals surface area contributed by atoms with Crippen molar-refractivity contribution >= 4 is 5.97 Å². The van der Waals surface area contributed by atoms with Crippen molar-refractivity contribution < 1.29 is 76.5 Å². The Morgan fingerprint density at radius 2 is 1.24 bits per heavy atom. The average molecular weight is 520 g/mol. The van der Waals surface area contributed by atoms with Gasteiger partial charge in [0.15, 0.2) is 0 Å². The second kappa shape index (κ2) is 7.49. The molecule has 0 aliphatic carbocycles. The summed E-state index contributed by atoms with van der Waals surface area (Å²) in [6, 6.07) is 0. The molecule has 0 aromatic heterocycles. The van der Waals surface area contributed by atoms with Gasteiger partial charge in [0.2, 0.25) is 5.60 Å². The number of ether oxygens (including phenoxy) is 2. The fraction of sp³-hybridized carbons (Fsp3) is 0.938. The lowest BCUT2D eigenvalue weighted by Crippen LogP contribution is -2.90. The van der Waals surface area contributed by atoms with Crippen molar-refractivity contribution in [2.75, 3.05) is 0 Å². The first-order valence-corrected chi connectivity index (χ1v) is 8.82. The van der Waals surface area contributed by atoms with Gasteiger partial charge in [-0.2, -0.15) is 57.1 Å². The summed E-state index contributed by atoms with van der Waals surface area (Å²) in [5, 5.41) is 9.47. The summed E-state index contributed by atoms with van der Waals surface area (Å²) < 4.78 is 188. The van der Waals surface area contributed by atoms with Crippen LogP contribution in [-0.2, 0) is 14.3 Å². The Labute approximate surface area is 177 Å². The van der Waals surface area contributed by atoms with E-state index in [0.29, 0.717) is 13.8 Å². The van der Waals surface area contributed by atoms with Gasteiger partial charge in [0.05, 0.1) is 5.41 Å². The van der Waals surface area contributed by atoms with Crippen molar-refractivity contribution in [3.8, 4) is 0 Å². The van der Waals surface area contributed by atoms with Gasteiger partial charge >= 0.3 is 42.1 Å². The van der Waals surface area contributed by atoms with Crippen LogP contribution in [0.25, 0.3) is 0 Å². The Morgan fingerprint density at radius 1 is 0.818 bits per heavy atom. The zero-order valence-corrected chi connectivity index (χ0v) is 17.0. The van der Waals surface area contributed by atoms with Crippen LogP contribution in [0, 0.1) is 5.41 Å². The molecule has 0 saturated carbocycles. The predicted octanol–water partition coefficient (Wildman–Crippen LogP) is 5.53. The summed E-state index contributed by atoms with van der Waals surface area (Å²) in [7, 11) is 0. The third-order valence-electron chi connectivity index (χ3n) is 5.56. The van der Waals surface area contributed by atoms with Gasteiger partial charge in [0.1, 0.15) is 0 Å². The lowest BCUT2D eigenvalue weighted by Gasteiger charge is -2.60. The summed E-state index contributed by atoms with van der Waals surface area (Å²) in [5.74, 6) is -23.7. The van der Waals surface area contributed by atoms with Crippen LogP contribution in [0.4, 0.5) is 57.1 Å². The normalized spacial score (nSPS) is 33.0. The maximum absolute atomic E-state index is 14.8. The summed E-state index contributed by atoms with van der Waals surface area (Å²) >= 11 is 0. The summed E-state index contributed by atoms with van der Waals surface area (Å²) in [4.78, 5) is 12.1. The van der Waals surface area contributed by atoms with Crippen molar-refractivity contribution in [1.82, 2.24) is 0 Å². The molecule has 1 rings (SSSR count). The second-order valence-electron chi connectivity index (χ2n) is 7.88. The Kier molecular flexibility index (Phi) is 6.70. The van der Waals surface area contributed by atoms with E-state index < -0.39 is 71.6 Å². The van der Waals surface area contributed by atoms with Crippen LogP contribution in [-0.4, -0.2) is 58.4 Å². The van der Waals surface area contributed by atoms with Crippen LogP contribution in [0.15, 0.2) is 0 Å². The lowest BCUT2D eigenvalue weighted by atomic mass is 9.69. The van der Waals surface area contributed by atoms with Gasteiger partial charge in [0, 0.05) is 0 Å². The fourth-order valence-corrected chi connectivity index (χ4v) is 2.98. The molecule has 4 nitrogen and oxygen atoms in total. The van der Waals surface area contributed by atoms with E-state index in [0.717, 1.165) is 6.92 Å². The van der Waals surface area contributed by atoms with Crippen molar-refractivity contribution in [3.63, 3.8) is 0 Å². The maximum Gasteiger partial charge on any atom is 0.462 e. The highest BCUT2D eigenvalue weighted by molar-refractivity contribution is 5.76. The first-order chi connectivity index (χ1) is 14.2. The van der Waals surface area contributed by atoms with E-state index in [4.69, 9.17) is 0 Å². The molecule has 0 amide bonds. The predicted molar refractivity (Wildman–Crippen MR) is 80.0 cm³/mol. The van der Waals surface area contributed by atoms with Crippen molar-refractivity contribution in [2.45, 2.75) is 87.9 Å². The summed E-state index contributed by atoms with van der Waals surface area (Å²) in [5.41, 5.74) is -15.6. The lowest BCUT2D eigenvalue weighted by molar-refractivity contribution is -0.578. The molecule has 0 bridgehead atoms. The third-order valence-corrected chi connectivity index (χ3v) is 5.56. The highest BCUT2D eigenvalue weighted by Gasteiger charge is 3.01. The zero-order valence-electron chi connectivity index (χ0n) is 17.0. The number of carbonyl (C=O) groups is 1. The SMILES string of the molecule is CCC(C)(C)C(=O)OC1(C(F)(F)F)OC(CC)(C(F)(F)F)C(F)(F)C(O)(C(F)(F)F)C1(F)F. The topological polar surface area (TPSA) is 55.8 Å². The standard InChI is InChI=1S/C16H17F13O4/c1-5-8(3,4)7(30)32-13(16(27,28)29)12(19,20)10(31,15(24,25)26)11(17,18)9(6-2,33-13)14(21,22)23/h31H,5-6H2,1-4H3. The molecule has 33 heavy (non-hydrogen) atoms. The fourth-order valence-electron chi connectivity index (χ4n) is 2.98. The van der Waals surface area contributed by atoms with E-state index in [1.807, 2.05) is 0 Å². The molecule has 196 valence electrons. The van der Waals surface area contributed by atoms with E-state index in [1.165, 1.54) is 0 Å². The molecule has 0 aromatic carbocycles. The van der Waals surface area contributed by atoms with E-state index in [2.05, 4.69) is 9.47 Å². The molecular formula is C16H17F13O4. The highest BCUT2D eigenvalue weighted by Crippen LogP contribution is 2.70. The number of rotatable bonds is 4. The quantitative estimate of drug-likeness (QED) is 0.392. The Hall–Kier alpha value is -1.52. The van der Waals surface area contributed by atoms with Crippen molar-refractivity contribution in [3.05, 3.63) is 0 Å². The van der Waals surface area contributed by atoms with Crippen LogP contribution < -0.4 is 0 Å². The summed E-state index contributed by atoms with van der Waals surface area (Å²) in [6.07, 6.45) is -24.7. The van der Waals surface area contributed by atoms with Crippen LogP contribution in [0.1, 0.15) is 40.5 Å². The molecule has 0 radical (unpaired) electrons. The number of halogens is 13. The Bertz CT molecular complexity index is 770. The molecule has 1 fully saturated rings. The molecule has 1 aliphatic rings. The monoisotopic (exact) mass is 520 g/mol. The van der Waals surface area contributed by atoms with E-state index in [9.17, 15) is 67.0 Å². The number of alkyl halides is 13.